The Morgan fingerprint density at radius 1 is 1.00 bits per heavy atom. The summed E-state index contributed by atoms with van der Waals surface area (Å²) >= 11 is 7.99. The van der Waals surface area contributed by atoms with E-state index < -0.39 is 7.70 Å². The molecule has 60 valence electrons. The van der Waals surface area contributed by atoms with Crippen molar-refractivity contribution in [2.45, 2.75) is 4.13 Å². The van der Waals surface area contributed by atoms with Crippen molar-refractivity contribution < 1.29 is 7.70 Å². The van der Waals surface area contributed by atoms with Crippen LogP contribution in [0.3, 0.4) is 0 Å². The Bertz CT molecular complexity index is 217. The van der Waals surface area contributed by atoms with E-state index in [0.717, 1.165) is 0 Å². The van der Waals surface area contributed by atoms with Crippen molar-refractivity contribution in [2.24, 2.45) is 0 Å². The molecule has 11 heavy (non-hydrogen) atoms. The van der Waals surface area contributed by atoms with Crippen LogP contribution in [0.1, 0.15) is 5.56 Å². The summed E-state index contributed by atoms with van der Waals surface area (Å²) in [7, 11) is -1.65. The van der Waals surface area contributed by atoms with E-state index in [0.29, 0.717) is 0 Å². The Labute approximate surface area is 99.4 Å². The molecule has 0 radical (unpaired) electrons. The van der Waals surface area contributed by atoms with Crippen LogP contribution in [-0.2, 0) is 11.8 Å². The first-order chi connectivity index (χ1) is 5.08. The Balaban J connectivity index is 2.66. The van der Waals surface area contributed by atoms with Gasteiger partial charge >= 0.3 is 102 Å². The monoisotopic (exact) mass is 562 g/mol. The quantitative estimate of drug-likeness (QED) is 0.469. The summed E-state index contributed by atoms with van der Waals surface area (Å²) < 4.78 is 1.33. The van der Waals surface area contributed by atoms with Crippen molar-refractivity contribution >= 4 is 54.1 Å². The Kier molecular flexibility index (Phi) is 5.42. The van der Waals surface area contributed by atoms with Crippen LogP contribution in [0.25, 0.3) is 0 Å². The van der Waals surface area contributed by atoms with E-state index in [4.69, 9.17) is 0 Å². The van der Waals surface area contributed by atoms with Crippen molar-refractivity contribution in [3.05, 3.63) is 35.9 Å². The standard InChI is InChI=1S/C7H7.3HI.Zr/c1-7-5-3-2-4-6-7;;;;/h2-6H,1H2;3*1H;/q;;;;+3/p-3. The van der Waals surface area contributed by atoms with Crippen LogP contribution in [-0.4, -0.2) is 0 Å². The first-order valence-electron chi connectivity index (χ1n) is 3.18. The van der Waals surface area contributed by atoms with Gasteiger partial charge < -0.3 is 0 Å². The molecule has 0 unspecified atom stereocenters. The molecular weight excluding hydrogens is 556 g/mol. The summed E-state index contributed by atoms with van der Waals surface area (Å²) in [4.78, 5) is 0. The molecule has 0 heterocycles. The molecular formula is C7H7I3Zr. The van der Waals surface area contributed by atoms with Crippen LogP contribution < -0.4 is 0 Å². The zero-order chi connectivity index (χ0) is 8.32. The predicted molar refractivity (Wildman–Crippen MR) is 72.2 cm³/mol. The van der Waals surface area contributed by atoms with Gasteiger partial charge in [-0.25, -0.2) is 0 Å². The molecule has 0 nitrogen and oxygen atoms in total. The Morgan fingerprint density at radius 2 is 1.55 bits per heavy atom. The van der Waals surface area contributed by atoms with Crippen molar-refractivity contribution in [1.82, 2.24) is 0 Å². The summed E-state index contributed by atoms with van der Waals surface area (Å²) in [6.45, 7) is 0. The summed E-state index contributed by atoms with van der Waals surface area (Å²) in [5, 5.41) is 0. The average Bonchev–Trinajstić information content (AvgIpc) is 1.85. The fourth-order valence-electron chi connectivity index (χ4n) is 0.827. The SMILES string of the molecule is [I][Zr]([I])([I])[CH2]c1ccccc1. The third kappa shape index (κ3) is 5.57. The van der Waals surface area contributed by atoms with Gasteiger partial charge in [0.25, 0.3) is 0 Å². The summed E-state index contributed by atoms with van der Waals surface area (Å²) in [5.74, 6) is 0. The van der Waals surface area contributed by atoms with Gasteiger partial charge in [0.15, 0.2) is 0 Å². The van der Waals surface area contributed by atoms with E-state index in [1.165, 1.54) is 9.69 Å². The summed E-state index contributed by atoms with van der Waals surface area (Å²) in [6, 6.07) is 10.8. The molecule has 0 aliphatic heterocycles. The summed E-state index contributed by atoms with van der Waals surface area (Å²) in [6.07, 6.45) is 0. The molecule has 0 amide bonds. The minimum absolute atomic E-state index is 1.33. The molecule has 0 saturated carbocycles. The van der Waals surface area contributed by atoms with Crippen LogP contribution >= 0.6 is 54.1 Å². The van der Waals surface area contributed by atoms with Crippen LogP contribution in [0, 0.1) is 0 Å². The molecule has 0 atom stereocenters. The van der Waals surface area contributed by atoms with Gasteiger partial charge in [-0.15, -0.1) is 0 Å². The first-order valence-corrected chi connectivity index (χ1v) is 26.9. The zero-order valence-corrected chi connectivity index (χ0v) is 14.7. The molecule has 0 bridgehead atoms. The van der Waals surface area contributed by atoms with Crippen molar-refractivity contribution in [1.29, 1.82) is 0 Å². The number of hydrogen-bond donors (Lipinski definition) is 0. The second-order valence-corrected chi connectivity index (χ2v) is 75.5. The topological polar surface area (TPSA) is 0 Å². The predicted octanol–water partition coefficient (Wildman–Crippen LogP) is 4.39. The van der Waals surface area contributed by atoms with Crippen molar-refractivity contribution in [3.8, 4) is 0 Å². The number of hydrogen-bond acceptors (Lipinski definition) is 0. The van der Waals surface area contributed by atoms with E-state index in [2.05, 4.69) is 84.5 Å². The van der Waals surface area contributed by atoms with E-state index in [9.17, 15) is 0 Å². The number of rotatable bonds is 2. The Hall–Kier alpha value is 2.29. The molecule has 0 fully saturated rings. The van der Waals surface area contributed by atoms with Crippen LogP contribution in [0.4, 0.5) is 0 Å². The van der Waals surface area contributed by atoms with E-state index in [1.807, 2.05) is 0 Å². The maximum atomic E-state index is 2.66. The molecule has 1 aromatic rings. The molecule has 0 aliphatic carbocycles. The fraction of sp³-hybridized carbons (Fsp3) is 0.143. The molecule has 0 spiro atoms. The molecule has 1 aromatic carbocycles. The van der Waals surface area contributed by atoms with Crippen molar-refractivity contribution in [3.63, 3.8) is 0 Å². The van der Waals surface area contributed by atoms with E-state index >= 15 is 0 Å². The van der Waals surface area contributed by atoms with Gasteiger partial charge in [0.2, 0.25) is 0 Å². The first kappa shape index (κ1) is 11.4. The van der Waals surface area contributed by atoms with Gasteiger partial charge in [-0.1, -0.05) is 0 Å². The minimum atomic E-state index is -1.65. The number of halogens is 3. The molecule has 0 saturated heterocycles. The second-order valence-electron chi connectivity index (χ2n) is 2.28. The maximum absolute atomic E-state index is 2.66. The molecule has 1 rings (SSSR count). The van der Waals surface area contributed by atoms with Gasteiger partial charge in [-0.3, -0.25) is 0 Å². The molecule has 0 aliphatic rings. The van der Waals surface area contributed by atoms with Crippen molar-refractivity contribution in [2.75, 3.05) is 0 Å². The van der Waals surface area contributed by atoms with Crippen LogP contribution in [0.15, 0.2) is 30.3 Å². The molecule has 4 heteroatoms. The third-order valence-electron chi connectivity index (χ3n) is 1.25. The normalized spacial score (nSPS) is 11.5. The van der Waals surface area contributed by atoms with Crippen LogP contribution in [0.5, 0.6) is 0 Å². The number of benzene rings is 1. The fourth-order valence-corrected chi connectivity index (χ4v) is 10.4. The Morgan fingerprint density at radius 3 is 2.00 bits per heavy atom. The van der Waals surface area contributed by atoms with E-state index in [-0.39, 0.29) is 0 Å². The van der Waals surface area contributed by atoms with Crippen LogP contribution in [0.2, 0.25) is 0 Å². The van der Waals surface area contributed by atoms with Gasteiger partial charge in [0.05, 0.1) is 0 Å². The molecule has 0 aromatic heterocycles. The average molecular weight is 563 g/mol. The third-order valence-corrected chi connectivity index (χ3v) is 10.0. The van der Waals surface area contributed by atoms with Gasteiger partial charge in [-0.2, -0.15) is 0 Å². The van der Waals surface area contributed by atoms with E-state index in [1.54, 1.807) is 0 Å². The summed E-state index contributed by atoms with van der Waals surface area (Å²) in [5.41, 5.74) is 1.50. The zero-order valence-electron chi connectivity index (χ0n) is 5.73. The van der Waals surface area contributed by atoms with Gasteiger partial charge in [0.1, 0.15) is 0 Å². The second kappa shape index (κ2) is 5.24. The molecule has 0 N–H and O–H groups in total. The van der Waals surface area contributed by atoms with Gasteiger partial charge in [0, 0.05) is 0 Å². The van der Waals surface area contributed by atoms with Gasteiger partial charge in [-0.05, 0) is 0 Å².